The minimum Gasteiger partial charge on any atom is -0.481 e. The van der Waals surface area contributed by atoms with E-state index in [9.17, 15) is 98.4 Å². The number of aromatic amines is 1. The fourth-order valence-electron chi connectivity index (χ4n) is 17.3. The lowest BCUT2D eigenvalue weighted by Crippen LogP contribution is -2.68. The fraction of sp³-hybridized carbons (Fsp3) is 0.674. The zero-order chi connectivity index (χ0) is 102. The molecule has 1 spiro atoms. The number of carbonyl (C=O) groups is 17. The number of aliphatic carboxylic acids is 4. The highest BCUT2D eigenvalue weighted by atomic mass is 35.5. The summed E-state index contributed by atoms with van der Waals surface area (Å²) in [6, 6.07) is -3.22. The van der Waals surface area contributed by atoms with E-state index in [0.717, 1.165) is 28.2 Å². The van der Waals surface area contributed by atoms with Gasteiger partial charge in [-0.1, -0.05) is 65.6 Å². The first-order chi connectivity index (χ1) is 66.7. The molecule has 8 rings (SSSR count). The molecule has 140 heavy (non-hydrogen) atoms. The van der Waals surface area contributed by atoms with Gasteiger partial charge in [0.2, 0.25) is 76.8 Å². The molecule has 45 nitrogen and oxygen atoms in total. The molecule has 0 radical (unpaired) electrons. The largest absolute Gasteiger partial charge is 0.481 e. The van der Waals surface area contributed by atoms with Gasteiger partial charge < -0.3 is 114 Å². The van der Waals surface area contributed by atoms with Crippen molar-refractivity contribution in [1.29, 1.82) is 0 Å². The Bertz CT molecular complexity index is 4680. The van der Waals surface area contributed by atoms with Crippen LogP contribution in [0.5, 0.6) is 0 Å². The van der Waals surface area contributed by atoms with Gasteiger partial charge in [0.15, 0.2) is 0 Å². The highest BCUT2D eigenvalue weighted by molar-refractivity contribution is 7.98. The molecule has 3 aromatic rings. The molecule has 5 aliphatic rings. The summed E-state index contributed by atoms with van der Waals surface area (Å²) in [6.45, 7) is 7.30. The molecule has 0 saturated carbocycles. The Morgan fingerprint density at radius 1 is 0.536 bits per heavy atom. The van der Waals surface area contributed by atoms with Crippen LogP contribution in [0.25, 0.3) is 10.9 Å². The third-order valence-electron chi connectivity index (χ3n) is 25.5. The van der Waals surface area contributed by atoms with Crippen molar-refractivity contribution in [3.63, 3.8) is 0 Å². The van der Waals surface area contributed by atoms with Gasteiger partial charge in [0, 0.05) is 156 Å². The number of likely N-dealkylation sites (tertiary alicyclic amines) is 3. The summed E-state index contributed by atoms with van der Waals surface area (Å²) in [6.07, 6.45) is 1.11. The topological polar surface area (TPSA) is 636 Å². The average molecular weight is 2030 g/mol. The monoisotopic (exact) mass is 2020 g/mol. The summed E-state index contributed by atoms with van der Waals surface area (Å²) in [4.78, 5) is 259. The number of nitrogens with one attached hydrogen (secondary N) is 12. The highest BCUT2D eigenvalue weighted by Gasteiger charge is 2.48. The first-order valence-electron chi connectivity index (χ1n) is 47.9. The van der Waals surface area contributed by atoms with Crippen molar-refractivity contribution in [2.75, 3.05) is 156 Å². The molecule has 0 unspecified atom stereocenters. The van der Waals surface area contributed by atoms with E-state index >= 15 is 24.0 Å². The SMILES string of the molecule is CC[C@H](C)[C@@H]1NC(=O)[C@H](CC(C)C)NC(=O)C2(CCN(C(=O)CN3CCN(CC(=O)O)CCN(CC(=O)O)CCN(CC(=O)O)CC3)CC2)NC(=O)[C@@H](NC(=O)[C@@H](CC(C)C)NC(=O)[C@H](CCC(=O)O)NC(=O)[C@@H]2CCCN2C(=O)CCc2c[nH]c3ccc(Cl)cc23)CSCc2cccc(n2)CSC[C@@H](C(=O)NC2CCN(CC(=O)N[C@H](CCC(=O)NC(CO)CO)C(=O)NC(CO)CO)CC2)NC1=O. The van der Waals surface area contributed by atoms with E-state index in [0.29, 0.717) is 48.5 Å². The van der Waals surface area contributed by atoms with Gasteiger partial charge in [0.05, 0.1) is 82.6 Å². The summed E-state index contributed by atoms with van der Waals surface area (Å²) in [5.74, 6) is -15.8. The molecule has 5 aliphatic heterocycles. The second kappa shape index (κ2) is 57.6. The molecule has 48 heteroatoms. The molecule has 1 aromatic carbocycles. The minimum absolute atomic E-state index is 0.0100. The van der Waals surface area contributed by atoms with Gasteiger partial charge >= 0.3 is 23.9 Å². The molecule has 2 aromatic heterocycles. The van der Waals surface area contributed by atoms with Gasteiger partial charge in [-0.3, -0.25) is 111 Å². The van der Waals surface area contributed by atoms with Crippen LogP contribution in [0.3, 0.4) is 0 Å². The van der Waals surface area contributed by atoms with E-state index in [4.69, 9.17) is 16.6 Å². The molecule has 20 N–H and O–H groups in total. The van der Waals surface area contributed by atoms with Crippen LogP contribution in [-0.2, 0) is 99.4 Å². The third kappa shape index (κ3) is 37.4. The summed E-state index contributed by atoms with van der Waals surface area (Å²) in [7, 11) is 0. The van der Waals surface area contributed by atoms with Crippen LogP contribution in [-0.4, -0.2) is 414 Å². The first-order valence-corrected chi connectivity index (χ1v) is 50.6. The number of carbonyl (C=O) groups excluding carboxylic acids is 13. The lowest BCUT2D eigenvalue weighted by molar-refractivity contribution is -0.143. The van der Waals surface area contributed by atoms with Crippen LogP contribution in [0.4, 0.5) is 0 Å². The van der Waals surface area contributed by atoms with Crippen LogP contribution in [0.15, 0.2) is 42.6 Å². The Morgan fingerprint density at radius 2 is 1.09 bits per heavy atom. The number of aliphatic hydroxyl groups excluding tert-OH is 4. The maximum Gasteiger partial charge on any atom is 0.317 e. The number of halogens is 1. The van der Waals surface area contributed by atoms with E-state index in [1.807, 2.05) is 6.07 Å². The zero-order valence-corrected chi connectivity index (χ0v) is 82.8. The van der Waals surface area contributed by atoms with E-state index in [1.54, 1.807) is 103 Å². The number of hydrogen-bond acceptors (Lipinski definition) is 29. The molecule has 4 saturated heterocycles. The number of aliphatic hydroxyl groups is 4. The standard InChI is InChI=1S/C92H141ClN20O25S2/c1-7-57(6)82-90(137)103-71(87(134)97-60-21-26-107(27-22-60)42-75(119)99-67(83(130)98-64(49-116)50-117)16-18-74(118)96-63(47-114)48-115)53-139-51-61-10-8-11-62(95-61)52-140-54-72(102-85(132)69(38-55(2)3)101-84(131)68(17-20-78(122)123)100-89(136)73-12-9-25-113(73)76(120)19-13-58-41-94-66-15-14-59(93)40-65(58)66)88(135)106-92(91(138)104-70(39-56(4)5)86(133)105-82)23-28-112(29-24-92)77(121)43-108-30-32-109(44-79(124)125)34-36-111(46-81(128)129)37-35-110(33-31-108)45-80(126)127/h8,10-11,14-15,40-41,55-57,60,63-64,67-73,82,94,114-117H,7,9,12-13,16-39,42-54H2,1-6H3,(H,96,118)(H,97,134)(H,98,130)(H,99,119)(H,100,136)(H,101,131)(H,102,132)(H,103,137)(H,104,138)(H,105,133)(H,106,135)(H,122,123)(H,124,125)(H,126,127)(H,128,129)/t57-,67+,68-,69+,70-,71-,72-,73-,82-/m0/s1. The van der Waals surface area contributed by atoms with Crippen molar-refractivity contribution in [3.05, 3.63) is 64.6 Å². The molecule has 4 fully saturated rings. The predicted molar refractivity (Wildman–Crippen MR) is 516 cm³/mol. The number of fused-ring (bicyclic) bond motifs is 3. The molecule has 0 aliphatic carbocycles. The fourth-order valence-corrected chi connectivity index (χ4v) is 19.4. The van der Waals surface area contributed by atoms with Crippen molar-refractivity contribution in [3.8, 4) is 0 Å². The van der Waals surface area contributed by atoms with Crippen molar-refractivity contribution in [2.24, 2.45) is 17.8 Å². The van der Waals surface area contributed by atoms with Crippen molar-refractivity contribution in [1.82, 2.24) is 103 Å². The van der Waals surface area contributed by atoms with Crippen molar-refractivity contribution >= 4 is 147 Å². The van der Waals surface area contributed by atoms with Crippen LogP contribution in [0.2, 0.25) is 5.02 Å². The molecule has 7 heterocycles. The maximum atomic E-state index is 16.1. The number of nitrogens with zero attached hydrogens (tertiary/aromatic N) is 8. The van der Waals surface area contributed by atoms with Crippen LogP contribution in [0.1, 0.15) is 148 Å². The maximum absolute atomic E-state index is 16.1. The quantitative estimate of drug-likeness (QED) is 0.0269. The van der Waals surface area contributed by atoms with Crippen LogP contribution in [0, 0.1) is 17.8 Å². The summed E-state index contributed by atoms with van der Waals surface area (Å²) >= 11 is 8.70. The minimum atomic E-state index is -2.06. The Labute approximate surface area is 826 Å². The van der Waals surface area contributed by atoms with Gasteiger partial charge in [-0.2, -0.15) is 23.5 Å². The molecular formula is C92H141ClN20O25S2. The Kier molecular flexibility index (Phi) is 47.2. The number of carboxylic acid groups (broad SMARTS) is 4. The molecule has 9 atom stereocenters. The Balaban J connectivity index is 1.09. The van der Waals surface area contributed by atoms with Crippen LogP contribution >= 0.6 is 35.1 Å². The van der Waals surface area contributed by atoms with Gasteiger partial charge in [-0.15, -0.1) is 0 Å². The lowest BCUT2D eigenvalue weighted by Gasteiger charge is -2.43. The van der Waals surface area contributed by atoms with Crippen molar-refractivity contribution < 1.29 is 122 Å². The number of piperidine rings is 2. The van der Waals surface area contributed by atoms with Gasteiger partial charge in [0.1, 0.15) is 53.9 Å². The Morgan fingerprint density at radius 3 is 1.66 bits per heavy atom. The number of thioether (sulfide) groups is 2. The smallest absolute Gasteiger partial charge is 0.317 e. The van der Waals surface area contributed by atoms with Gasteiger partial charge in [-0.25, -0.2) is 0 Å². The molecule has 2 bridgehead atoms. The van der Waals surface area contributed by atoms with Crippen LogP contribution < -0.4 is 58.5 Å². The number of carboxylic acids is 4. The summed E-state index contributed by atoms with van der Waals surface area (Å²) < 4.78 is 0. The number of H-pyrrole nitrogens is 1. The van der Waals surface area contributed by atoms with E-state index in [2.05, 4.69) is 63.5 Å². The molecule has 778 valence electrons. The van der Waals surface area contributed by atoms with Crippen molar-refractivity contribution in [2.45, 2.75) is 221 Å². The number of amides is 13. The number of pyridine rings is 1. The second-order valence-corrected chi connectivity index (χ2v) is 39.9. The lowest BCUT2D eigenvalue weighted by atomic mass is 9.85. The Hall–Kier alpha value is -10.5. The number of aryl methyl sites for hydroxylation is 1. The number of rotatable bonds is 41. The predicted octanol–water partition coefficient (Wildman–Crippen LogP) is -3.03. The number of hydrogen-bond donors (Lipinski definition) is 20. The number of benzene rings is 1. The summed E-state index contributed by atoms with van der Waals surface area (Å²) in [5, 5.41) is 110. The third-order valence-corrected chi connectivity index (χ3v) is 27.9. The molecule has 13 amide bonds. The van der Waals surface area contributed by atoms with Gasteiger partial charge in [-0.05, 0) is 124 Å². The zero-order valence-electron chi connectivity index (χ0n) is 80.4. The first kappa shape index (κ1) is 115. The van der Waals surface area contributed by atoms with E-state index < -0.39 is 232 Å². The summed E-state index contributed by atoms with van der Waals surface area (Å²) in [5.41, 5.74) is 0.572. The van der Waals surface area contributed by atoms with E-state index in [-0.39, 0.29) is 190 Å². The number of aromatic nitrogens is 2. The van der Waals surface area contributed by atoms with E-state index in [1.165, 1.54) is 21.6 Å². The molecular weight excluding hydrogens is 1880 g/mol. The second-order valence-electron chi connectivity index (χ2n) is 37.4. The highest BCUT2D eigenvalue weighted by Crippen LogP contribution is 2.29. The normalized spacial score (nSPS) is 20.9. The van der Waals surface area contributed by atoms with Gasteiger partial charge in [0.25, 0.3) is 0 Å². The average Bonchev–Trinajstić information content (AvgIpc) is 1.10.